The molecule has 0 aliphatic carbocycles. The summed E-state index contributed by atoms with van der Waals surface area (Å²) in [6.07, 6.45) is 0. The van der Waals surface area contributed by atoms with Gasteiger partial charge in [-0.3, -0.25) is 0 Å². The van der Waals surface area contributed by atoms with E-state index in [2.05, 4.69) is 568 Å². The molecule has 0 N–H and O–H groups in total. The van der Waals surface area contributed by atoms with Gasteiger partial charge in [-0.05, 0) is 197 Å². The van der Waals surface area contributed by atoms with Gasteiger partial charge < -0.3 is 9.47 Å². The minimum absolute atomic E-state index is 0.196. The monoisotopic (exact) mass is 1980 g/mol. The summed E-state index contributed by atoms with van der Waals surface area (Å²) in [4.78, 5) is 22.3. The molecular formula is C138H120N4O2Si4. The van der Waals surface area contributed by atoms with Crippen LogP contribution in [0.4, 0.5) is 0 Å². The topological polar surface area (TPSA) is 70.0 Å². The molecule has 720 valence electrons. The van der Waals surface area contributed by atoms with Crippen molar-refractivity contribution in [3.63, 3.8) is 0 Å². The van der Waals surface area contributed by atoms with Gasteiger partial charge in [-0.15, -0.1) is 0 Å². The lowest BCUT2D eigenvalue weighted by Gasteiger charge is -2.47. The minimum atomic E-state index is -2.99. The van der Waals surface area contributed by atoms with E-state index in [1.165, 1.54) is 62.2 Å². The van der Waals surface area contributed by atoms with E-state index < -0.39 is 32.3 Å². The molecule has 0 radical (unpaired) electrons. The van der Waals surface area contributed by atoms with E-state index in [0.717, 1.165) is 153 Å². The van der Waals surface area contributed by atoms with Crippen LogP contribution in [-0.2, 0) is 13.2 Å². The maximum absolute atomic E-state index is 7.57. The lowest BCUT2D eigenvalue weighted by molar-refractivity contribution is 0.307. The molecular weight excluding hydrogens is 1860 g/mol. The summed E-state index contributed by atoms with van der Waals surface area (Å²) in [6.45, 7) is 30.3. The molecule has 0 aliphatic rings. The van der Waals surface area contributed by atoms with Gasteiger partial charge in [0.25, 0.3) is 0 Å². The van der Waals surface area contributed by atoms with E-state index in [9.17, 15) is 0 Å². The Labute approximate surface area is 871 Å². The molecule has 6 nitrogen and oxygen atoms in total. The molecule has 11 heterocycles. The highest BCUT2D eigenvalue weighted by Crippen LogP contribution is 2.44. The van der Waals surface area contributed by atoms with Crippen molar-refractivity contribution in [3.8, 4) is 11.5 Å². The van der Waals surface area contributed by atoms with E-state index in [-0.39, 0.29) is 20.2 Å². The summed E-state index contributed by atoms with van der Waals surface area (Å²) in [6, 6.07) is 182. The van der Waals surface area contributed by atoms with Gasteiger partial charge in [0.05, 0.1) is 44.1 Å². The second-order valence-electron chi connectivity index (χ2n) is 44.3. The fraction of sp³-hybridized carbons (Fsp3) is 0.130. The third kappa shape index (κ3) is 17.1. The summed E-state index contributed by atoms with van der Waals surface area (Å²) >= 11 is 0. The lowest BCUT2D eigenvalue weighted by Crippen LogP contribution is -2.75. The number of pyridine rings is 4. The summed E-state index contributed by atoms with van der Waals surface area (Å²) in [5, 5.41) is 32.0. The Hall–Kier alpha value is -15.9. The highest BCUT2D eigenvalue weighted by atomic mass is 28.3. The fourth-order valence-corrected chi connectivity index (χ4v) is 48.3. The highest BCUT2D eigenvalue weighted by molar-refractivity contribution is 7.17. The van der Waals surface area contributed by atoms with Crippen molar-refractivity contribution in [2.24, 2.45) is 0 Å². The van der Waals surface area contributed by atoms with Gasteiger partial charge in [0.15, 0.2) is 32.3 Å². The third-order valence-electron chi connectivity index (χ3n) is 31.6. The van der Waals surface area contributed by atoms with Crippen molar-refractivity contribution in [1.29, 1.82) is 0 Å². The second-order valence-corrected chi connectivity index (χ2v) is 63.3. The van der Waals surface area contributed by atoms with Crippen molar-refractivity contribution in [1.82, 2.24) is 19.9 Å². The quantitative estimate of drug-likeness (QED) is 0.0484. The van der Waals surface area contributed by atoms with Gasteiger partial charge in [0, 0.05) is 43.1 Å². The van der Waals surface area contributed by atoms with Gasteiger partial charge in [-0.2, -0.15) is 0 Å². The van der Waals surface area contributed by atoms with Crippen LogP contribution < -0.4 is 71.7 Å². The summed E-state index contributed by atoms with van der Waals surface area (Å²) in [5.41, 5.74) is 9.06. The first-order valence-electron chi connectivity index (χ1n) is 51.9. The standard InChI is InChI=1S/C138H120N4O2Si4/c1-135(2,3)145(115-37-21-13-22-38-115,116-39-23-14-24-40-116)123-81-95(82-124(91-123)146(136(4,5)6,117-41-25-15-26-42-117)118-43-27-16-28-44-118)93-143-113-87-109-85-110(88-113)98-55-63-102(64-56-98)128-78-74-106-70-72-108-76-80-130(142-134(108)132(106)140-128)104-67-59-100(60-68-104)112-86-111(99-57-65-103(66-58-99)129-79-75-107-71-69-105-73-77-127(139-131(105)133(107)141-129)101-61-53-97(109)54-62-101)89-114(90-112)144-94-96-83-125(147(137(7,8)9,119-45-29-17-30-46-119)120-47-31-18-32-48-120)92-126(84-96)148(138(10,11)12,121-49-33-19-34-50-121)122-51-35-20-36-52-122/h13-92H,93-94H2,1-12H3. The average Bonchev–Trinajstić information content (AvgIpc) is 0.706. The lowest BCUT2D eigenvalue weighted by atomic mass is 10.0. The Bertz CT molecular complexity index is 7970. The molecule has 18 aromatic carbocycles. The van der Waals surface area contributed by atoms with Crippen LogP contribution in [0.1, 0.15) is 94.2 Å². The smallest absolute Gasteiger partial charge is 0.153 e. The maximum atomic E-state index is 7.57. The number of hydrogen-bond donors (Lipinski definition) is 0. The van der Waals surface area contributed by atoms with E-state index in [1.54, 1.807) is 0 Å². The van der Waals surface area contributed by atoms with Gasteiger partial charge in [0.2, 0.25) is 0 Å². The van der Waals surface area contributed by atoms with Crippen molar-refractivity contribution in [2.75, 3.05) is 0 Å². The van der Waals surface area contributed by atoms with E-state index in [0.29, 0.717) is 13.2 Å². The summed E-state index contributed by atoms with van der Waals surface area (Å²) < 4.78 is 15.1. The van der Waals surface area contributed by atoms with Crippen LogP contribution in [0.15, 0.2) is 485 Å². The first-order chi connectivity index (χ1) is 71.8. The molecule has 29 rings (SSSR count). The summed E-state index contributed by atoms with van der Waals surface area (Å²) in [5.74, 6) is 1.53. The van der Waals surface area contributed by atoms with Crippen LogP contribution in [0.5, 0.6) is 11.5 Å². The minimum Gasteiger partial charge on any atom is -0.489 e. The number of benzene rings is 18. The van der Waals surface area contributed by atoms with Gasteiger partial charge in [0.1, 0.15) is 24.7 Å². The largest absolute Gasteiger partial charge is 0.489 e. The molecule has 0 saturated heterocycles. The SMILES string of the molecule is CC(C)(C)[Si](c1ccccc1)(c1ccccc1)c1cc(COc2cc3cc(c2)c2ccc(cc2)c2ccc4ccc5ccc(nc5c4n2)c2ccc(cc2)c2cc(OCc4cc([Si](c5ccccc5)(c5ccccc5)C(C)(C)C)cc([Si](c5ccccc5)(c5ccccc5)C(C)(C)C)c4)cc(c2)c2ccc(cc2)c2ccc4ccc5ccc(nc5c4n2)c2ccc3cc2)cc([Si](c2ccccc2)(c2ccccc2)C(C)(C)C)c1. The van der Waals surface area contributed by atoms with E-state index in [1.807, 2.05) is 0 Å². The zero-order valence-corrected chi connectivity index (χ0v) is 90.2. The van der Waals surface area contributed by atoms with Crippen LogP contribution in [0, 0.1) is 0 Å². The van der Waals surface area contributed by atoms with Gasteiger partial charge >= 0.3 is 0 Å². The normalized spacial score (nSPS) is 12.5. The Morgan fingerprint density at radius 1 is 0.155 bits per heavy atom. The molecule has 20 bridgehead atoms. The molecule has 29 aromatic rings. The molecule has 10 heteroatoms. The van der Waals surface area contributed by atoms with Gasteiger partial charge in [-0.1, -0.05) is 508 Å². The zero-order valence-electron chi connectivity index (χ0n) is 86.2. The van der Waals surface area contributed by atoms with Crippen LogP contribution in [0.2, 0.25) is 20.2 Å². The predicted octanol–water partition coefficient (Wildman–Crippen LogP) is 28.2. The first kappa shape index (κ1) is 95.6. The third-order valence-corrected chi connectivity index (χ3v) is 54.8. The Morgan fingerprint density at radius 2 is 0.318 bits per heavy atom. The van der Waals surface area contributed by atoms with E-state index in [4.69, 9.17) is 29.4 Å². The van der Waals surface area contributed by atoms with Crippen LogP contribution in [-0.4, -0.2) is 52.2 Å². The Morgan fingerprint density at radius 3 is 0.493 bits per heavy atom. The zero-order chi connectivity index (χ0) is 101. The molecule has 0 aliphatic heterocycles. The average molecular weight is 1980 g/mol. The molecule has 0 unspecified atom stereocenters. The predicted molar refractivity (Wildman–Crippen MR) is 642 cm³/mol. The molecule has 0 fully saturated rings. The number of aromatic nitrogens is 4. The number of nitrogens with zero attached hydrogens (tertiary/aromatic N) is 4. The van der Waals surface area contributed by atoms with Crippen molar-refractivity contribution < 1.29 is 9.47 Å². The molecule has 0 amide bonds. The highest BCUT2D eigenvalue weighted by Gasteiger charge is 2.56. The molecule has 0 saturated carbocycles. The van der Waals surface area contributed by atoms with E-state index >= 15 is 0 Å². The molecule has 0 atom stereocenters. The van der Waals surface area contributed by atoms with Crippen LogP contribution in [0.3, 0.4) is 0 Å². The first-order valence-corrected chi connectivity index (χ1v) is 59.9. The maximum Gasteiger partial charge on any atom is 0.153 e. The molecule has 0 spiro atoms. The van der Waals surface area contributed by atoms with Gasteiger partial charge in [-0.25, -0.2) is 19.9 Å². The van der Waals surface area contributed by atoms with Crippen molar-refractivity contribution in [3.05, 3.63) is 496 Å². The fourth-order valence-electron chi connectivity index (χ4n) is 25.0. The Balaban J connectivity index is 0.689. The Kier molecular flexibility index (Phi) is 24.8. The second kappa shape index (κ2) is 38.5. The number of ether oxygens (including phenoxy) is 2. The van der Waals surface area contributed by atoms with Crippen LogP contribution in [0.25, 0.3) is 130 Å². The van der Waals surface area contributed by atoms with Crippen LogP contribution >= 0.6 is 0 Å². The number of hydrogen-bond acceptors (Lipinski definition) is 6. The molecule has 11 aromatic heterocycles. The summed E-state index contributed by atoms with van der Waals surface area (Å²) in [7, 11) is -11.9. The molecule has 148 heavy (non-hydrogen) atoms. The van der Waals surface area contributed by atoms with Crippen molar-refractivity contribution >= 4 is 225 Å². The number of rotatable bonds is 18. The van der Waals surface area contributed by atoms with Crippen molar-refractivity contribution in [2.45, 2.75) is 116 Å².